The Morgan fingerprint density at radius 1 is 0.410 bits per heavy atom. The summed E-state index contributed by atoms with van der Waals surface area (Å²) in [5.74, 6) is 1.90. The van der Waals surface area contributed by atoms with Gasteiger partial charge in [0, 0.05) is 27.5 Å². The quantitative estimate of drug-likeness (QED) is 0.228. The highest BCUT2D eigenvalue weighted by Crippen LogP contribution is 2.38. The van der Waals surface area contributed by atoms with Gasteiger partial charge in [-0.05, 0) is 39.7 Å². The Labute approximate surface area is 224 Å². The first-order valence-electron chi connectivity index (χ1n) is 13.0. The molecule has 0 spiro atoms. The van der Waals surface area contributed by atoms with Crippen molar-refractivity contribution in [3.8, 4) is 34.2 Å². The summed E-state index contributed by atoms with van der Waals surface area (Å²) in [4.78, 5) is 15.2. The lowest BCUT2D eigenvalue weighted by Gasteiger charge is -2.12. The predicted octanol–water partition coefficient (Wildman–Crippen LogP) is 9.08. The number of rotatable bonds is 3. The molecule has 8 aromatic rings. The van der Waals surface area contributed by atoms with Gasteiger partial charge in [0.15, 0.2) is 17.5 Å². The second-order valence-electron chi connectivity index (χ2n) is 9.64. The minimum Gasteiger partial charge on any atom is -0.456 e. The summed E-state index contributed by atoms with van der Waals surface area (Å²) >= 11 is 0. The van der Waals surface area contributed by atoms with E-state index >= 15 is 0 Å². The molecule has 0 aliphatic heterocycles. The molecule has 39 heavy (non-hydrogen) atoms. The molecule has 4 heteroatoms. The van der Waals surface area contributed by atoms with Crippen LogP contribution in [-0.4, -0.2) is 15.0 Å². The van der Waals surface area contributed by atoms with Gasteiger partial charge >= 0.3 is 0 Å². The molecule has 0 aliphatic carbocycles. The summed E-state index contributed by atoms with van der Waals surface area (Å²) in [6, 6.07) is 43.4. The standard InChI is InChI=1S/C35H21N3O/c1-2-11-22(12-3-1)33-36-34(28-18-10-20-31-32(28)27-17-8-9-19-30(27)39-31)38-35(37-33)29-21-23-13-4-5-14-24(23)25-15-6-7-16-26(25)29/h1-21H. The van der Waals surface area contributed by atoms with Crippen LogP contribution >= 0.6 is 0 Å². The zero-order valence-electron chi connectivity index (χ0n) is 20.9. The smallest absolute Gasteiger partial charge is 0.164 e. The van der Waals surface area contributed by atoms with Gasteiger partial charge in [-0.25, -0.2) is 15.0 Å². The molecule has 2 heterocycles. The molecule has 0 radical (unpaired) electrons. The Hall–Kier alpha value is -5.35. The number of furan rings is 1. The van der Waals surface area contributed by atoms with Gasteiger partial charge in [0.2, 0.25) is 0 Å². The summed E-state index contributed by atoms with van der Waals surface area (Å²) in [6.45, 7) is 0. The molecule has 0 saturated carbocycles. The van der Waals surface area contributed by atoms with E-state index in [-0.39, 0.29) is 0 Å². The van der Waals surface area contributed by atoms with Gasteiger partial charge in [-0.2, -0.15) is 0 Å². The fourth-order valence-corrected chi connectivity index (χ4v) is 5.53. The van der Waals surface area contributed by atoms with E-state index in [0.29, 0.717) is 17.5 Å². The van der Waals surface area contributed by atoms with E-state index < -0.39 is 0 Å². The SMILES string of the molecule is c1ccc(-c2nc(-c3cc4ccccc4c4ccccc34)nc(-c3cccc4oc5ccccc5c34)n2)cc1. The van der Waals surface area contributed by atoms with Crippen LogP contribution in [0, 0.1) is 0 Å². The van der Waals surface area contributed by atoms with Crippen molar-refractivity contribution in [3.05, 3.63) is 127 Å². The lowest BCUT2D eigenvalue weighted by atomic mass is 9.97. The maximum absolute atomic E-state index is 6.18. The van der Waals surface area contributed by atoms with Gasteiger partial charge in [-0.15, -0.1) is 0 Å². The normalized spacial score (nSPS) is 11.6. The largest absolute Gasteiger partial charge is 0.456 e. The average Bonchev–Trinajstić information content (AvgIpc) is 3.40. The molecular weight excluding hydrogens is 478 g/mol. The van der Waals surface area contributed by atoms with Gasteiger partial charge in [-0.3, -0.25) is 0 Å². The van der Waals surface area contributed by atoms with E-state index in [1.54, 1.807) is 0 Å². The third-order valence-electron chi connectivity index (χ3n) is 7.32. The van der Waals surface area contributed by atoms with Crippen molar-refractivity contribution in [2.45, 2.75) is 0 Å². The van der Waals surface area contributed by atoms with Crippen LogP contribution in [0.4, 0.5) is 0 Å². The van der Waals surface area contributed by atoms with Gasteiger partial charge in [0.1, 0.15) is 11.2 Å². The lowest BCUT2D eigenvalue weighted by molar-refractivity contribution is 0.669. The first-order valence-corrected chi connectivity index (χ1v) is 13.0. The van der Waals surface area contributed by atoms with E-state index in [1.807, 2.05) is 60.7 Å². The highest BCUT2D eigenvalue weighted by atomic mass is 16.3. The fourth-order valence-electron chi connectivity index (χ4n) is 5.53. The van der Waals surface area contributed by atoms with Crippen molar-refractivity contribution in [1.29, 1.82) is 0 Å². The molecule has 0 bridgehead atoms. The monoisotopic (exact) mass is 499 g/mol. The topological polar surface area (TPSA) is 51.8 Å². The van der Waals surface area contributed by atoms with E-state index in [0.717, 1.165) is 49.4 Å². The van der Waals surface area contributed by atoms with Crippen LogP contribution in [0.3, 0.4) is 0 Å². The molecule has 8 rings (SSSR count). The summed E-state index contributed by atoms with van der Waals surface area (Å²) in [7, 11) is 0. The molecule has 0 fully saturated rings. The summed E-state index contributed by atoms with van der Waals surface area (Å²) in [6.07, 6.45) is 0. The van der Waals surface area contributed by atoms with Crippen molar-refractivity contribution >= 4 is 43.5 Å². The van der Waals surface area contributed by atoms with Gasteiger partial charge in [-0.1, -0.05) is 109 Å². The zero-order valence-corrected chi connectivity index (χ0v) is 20.9. The Morgan fingerprint density at radius 2 is 1.03 bits per heavy atom. The summed E-state index contributed by atoms with van der Waals surface area (Å²) in [5.41, 5.74) is 4.50. The number of hydrogen-bond donors (Lipinski definition) is 0. The molecule has 2 aromatic heterocycles. The van der Waals surface area contributed by atoms with Crippen LogP contribution in [-0.2, 0) is 0 Å². The van der Waals surface area contributed by atoms with Crippen molar-refractivity contribution in [3.63, 3.8) is 0 Å². The minimum atomic E-state index is 0.619. The molecule has 4 nitrogen and oxygen atoms in total. The Bertz CT molecular complexity index is 2180. The van der Waals surface area contributed by atoms with Crippen molar-refractivity contribution < 1.29 is 4.42 Å². The molecule has 0 amide bonds. The van der Waals surface area contributed by atoms with Crippen LogP contribution < -0.4 is 0 Å². The summed E-state index contributed by atoms with van der Waals surface area (Å²) in [5, 5.41) is 6.70. The van der Waals surface area contributed by atoms with Gasteiger partial charge in [0.25, 0.3) is 0 Å². The third-order valence-corrected chi connectivity index (χ3v) is 7.32. The van der Waals surface area contributed by atoms with E-state index in [9.17, 15) is 0 Å². The molecule has 0 N–H and O–H groups in total. The molecule has 0 aliphatic rings. The van der Waals surface area contributed by atoms with E-state index in [2.05, 4.69) is 66.7 Å². The van der Waals surface area contributed by atoms with Gasteiger partial charge in [0.05, 0.1) is 0 Å². The van der Waals surface area contributed by atoms with E-state index in [1.165, 1.54) is 10.8 Å². The first-order chi connectivity index (χ1) is 19.3. The van der Waals surface area contributed by atoms with Crippen molar-refractivity contribution in [2.75, 3.05) is 0 Å². The molecule has 182 valence electrons. The van der Waals surface area contributed by atoms with Crippen LogP contribution in [0.1, 0.15) is 0 Å². The Morgan fingerprint density at radius 3 is 1.87 bits per heavy atom. The number of fused-ring (bicyclic) bond motifs is 6. The first kappa shape index (κ1) is 21.7. The number of para-hydroxylation sites is 1. The highest BCUT2D eigenvalue weighted by Gasteiger charge is 2.19. The zero-order chi connectivity index (χ0) is 25.8. The maximum Gasteiger partial charge on any atom is 0.164 e. The molecule has 0 unspecified atom stereocenters. The predicted molar refractivity (Wildman–Crippen MR) is 158 cm³/mol. The van der Waals surface area contributed by atoms with Crippen molar-refractivity contribution in [1.82, 2.24) is 15.0 Å². The second-order valence-corrected chi connectivity index (χ2v) is 9.64. The minimum absolute atomic E-state index is 0.619. The van der Waals surface area contributed by atoms with Crippen LogP contribution in [0.5, 0.6) is 0 Å². The number of hydrogen-bond acceptors (Lipinski definition) is 4. The van der Waals surface area contributed by atoms with Gasteiger partial charge < -0.3 is 4.42 Å². The number of aromatic nitrogens is 3. The summed E-state index contributed by atoms with van der Waals surface area (Å²) < 4.78 is 6.18. The molecule has 0 atom stereocenters. The molecular formula is C35H21N3O. The molecule has 0 saturated heterocycles. The number of nitrogens with zero attached hydrogens (tertiary/aromatic N) is 3. The van der Waals surface area contributed by atoms with Crippen LogP contribution in [0.15, 0.2) is 132 Å². The molecule has 6 aromatic carbocycles. The Balaban J connectivity index is 1.47. The maximum atomic E-state index is 6.18. The third kappa shape index (κ3) is 3.50. The van der Waals surface area contributed by atoms with Crippen LogP contribution in [0.25, 0.3) is 77.6 Å². The lowest BCUT2D eigenvalue weighted by Crippen LogP contribution is -2.01. The Kier molecular flexibility index (Phi) is 4.79. The second kappa shape index (κ2) is 8.61. The highest BCUT2D eigenvalue weighted by molar-refractivity contribution is 6.14. The van der Waals surface area contributed by atoms with E-state index in [4.69, 9.17) is 19.4 Å². The fraction of sp³-hybridized carbons (Fsp3) is 0. The average molecular weight is 500 g/mol. The van der Waals surface area contributed by atoms with Crippen molar-refractivity contribution in [2.24, 2.45) is 0 Å². The van der Waals surface area contributed by atoms with Crippen LogP contribution in [0.2, 0.25) is 0 Å². The number of benzene rings is 6.